The summed E-state index contributed by atoms with van der Waals surface area (Å²) in [5.41, 5.74) is 1.58. The molecule has 3 heteroatoms. The van der Waals surface area contributed by atoms with E-state index in [9.17, 15) is 4.79 Å². The van der Waals surface area contributed by atoms with Gasteiger partial charge in [0, 0.05) is 0 Å². The van der Waals surface area contributed by atoms with Crippen LogP contribution in [0.5, 0.6) is 0 Å². The first-order valence-electron chi connectivity index (χ1n) is 5.14. The molecule has 1 aromatic rings. The van der Waals surface area contributed by atoms with Crippen LogP contribution in [0.25, 0.3) is 0 Å². The molecule has 0 fully saturated rings. The van der Waals surface area contributed by atoms with E-state index in [-0.39, 0.29) is 5.97 Å². The Hall–Kier alpha value is -1.02. The van der Waals surface area contributed by atoms with Crippen molar-refractivity contribution in [1.82, 2.24) is 0 Å². The summed E-state index contributed by atoms with van der Waals surface area (Å²) in [6, 6.07) is 5.50. The van der Waals surface area contributed by atoms with E-state index in [1.165, 1.54) is 0 Å². The first-order valence-corrected chi connectivity index (χ1v) is 5.52. The maximum absolute atomic E-state index is 11.5. The van der Waals surface area contributed by atoms with Gasteiger partial charge in [-0.25, -0.2) is 4.79 Å². The first-order chi connectivity index (χ1) is 7.19. The van der Waals surface area contributed by atoms with Gasteiger partial charge < -0.3 is 4.74 Å². The maximum Gasteiger partial charge on any atom is 0.339 e. The van der Waals surface area contributed by atoms with Crippen molar-refractivity contribution in [2.24, 2.45) is 0 Å². The standard InChI is InChI=1S/C12H15ClO2/c1-3-5-9-6-7-11(13)10(8-9)12(14)15-4-2/h6-8H,3-5H2,1-2H3. The number of carbonyl (C=O) groups excluding carboxylic acids is 1. The zero-order valence-corrected chi connectivity index (χ0v) is 9.80. The second kappa shape index (κ2) is 5.76. The lowest BCUT2D eigenvalue weighted by molar-refractivity contribution is 0.0526. The van der Waals surface area contributed by atoms with Gasteiger partial charge in [-0.3, -0.25) is 0 Å². The van der Waals surface area contributed by atoms with Crippen LogP contribution in [0.3, 0.4) is 0 Å². The van der Waals surface area contributed by atoms with Gasteiger partial charge in [-0.15, -0.1) is 0 Å². The van der Waals surface area contributed by atoms with Crippen LogP contribution in [0, 0.1) is 0 Å². The summed E-state index contributed by atoms with van der Waals surface area (Å²) in [7, 11) is 0. The highest BCUT2D eigenvalue weighted by molar-refractivity contribution is 6.33. The number of hydrogen-bond donors (Lipinski definition) is 0. The Morgan fingerprint density at radius 1 is 1.40 bits per heavy atom. The van der Waals surface area contributed by atoms with Crippen LogP contribution in [0.2, 0.25) is 5.02 Å². The molecule has 0 heterocycles. The number of aryl methyl sites for hydroxylation is 1. The molecular formula is C12H15ClO2. The average molecular weight is 227 g/mol. The van der Waals surface area contributed by atoms with Crippen molar-refractivity contribution in [3.05, 3.63) is 34.3 Å². The lowest BCUT2D eigenvalue weighted by Gasteiger charge is -2.06. The fourth-order valence-electron chi connectivity index (χ4n) is 1.38. The van der Waals surface area contributed by atoms with Crippen molar-refractivity contribution in [2.45, 2.75) is 26.7 Å². The van der Waals surface area contributed by atoms with Gasteiger partial charge in [0.1, 0.15) is 0 Å². The Kier molecular flexibility index (Phi) is 4.63. The van der Waals surface area contributed by atoms with Crippen molar-refractivity contribution in [3.63, 3.8) is 0 Å². The summed E-state index contributed by atoms with van der Waals surface area (Å²) in [5, 5.41) is 0.452. The number of esters is 1. The minimum absolute atomic E-state index is 0.347. The normalized spacial score (nSPS) is 10.1. The van der Waals surface area contributed by atoms with Gasteiger partial charge in [0.25, 0.3) is 0 Å². The molecule has 1 rings (SSSR count). The summed E-state index contributed by atoms with van der Waals surface area (Å²) in [6.45, 7) is 4.24. The molecule has 0 unspecified atom stereocenters. The number of benzene rings is 1. The number of halogens is 1. The largest absolute Gasteiger partial charge is 0.462 e. The molecule has 82 valence electrons. The van der Waals surface area contributed by atoms with E-state index in [0.717, 1.165) is 18.4 Å². The van der Waals surface area contributed by atoms with E-state index in [1.807, 2.05) is 12.1 Å². The lowest BCUT2D eigenvalue weighted by atomic mass is 10.1. The molecule has 0 aromatic heterocycles. The van der Waals surface area contributed by atoms with E-state index in [4.69, 9.17) is 16.3 Å². The van der Waals surface area contributed by atoms with Crippen molar-refractivity contribution in [3.8, 4) is 0 Å². The average Bonchev–Trinajstić information content (AvgIpc) is 2.21. The molecule has 0 saturated carbocycles. The van der Waals surface area contributed by atoms with Crippen molar-refractivity contribution < 1.29 is 9.53 Å². The van der Waals surface area contributed by atoms with Gasteiger partial charge in [-0.2, -0.15) is 0 Å². The van der Waals surface area contributed by atoms with Crippen LogP contribution in [0.15, 0.2) is 18.2 Å². The second-order valence-electron chi connectivity index (χ2n) is 3.28. The highest BCUT2D eigenvalue weighted by atomic mass is 35.5. The number of ether oxygens (including phenoxy) is 1. The van der Waals surface area contributed by atoms with Crippen LogP contribution in [0.4, 0.5) is 0 Å². The van der Waals surface area contributed by atoms with Gasteiger partial charge >= 0.3 is 5.97 Å². The minimum Gasteiger partial charge on any atom is -0.462 e. The molecule has 0 bridgehead atoms. The van der Waals surface area contributed by atoms with Crippen molar-refractivity contribution in [1.29, 1.82) is 0 Å². The third-order valence-electron chi connectivity index (χ3n) is 2.06. The molecule has 0 spiro atoms. The Morgan fingerprint density at radius 2 is 2.13 bits per heavy atom. The van der Waals surface area contributed by atoms with Crippen molar-refractivity contribution in [2.75, 3.05) is 6.61 Å². The smallest absolute Gasteiger partial charge is 0.339 e. The number of rotatable bonds is 4. The zero-order valence-electron chi connectivity index (χ0n) is 9.05. The quantitative estimate of drug-likeness (QED) is 0.735. The molecule has 0 aliphatic heterocycles. The van der Waals surface area contributed by atoms with E-state index in [0.29, 0.717) is 17.2 Å². The predicted molar refractivity (Wildman–Crippen MR) is 61.4 cm³/mol. The first kappa shape index (κ1) is 12.1. The Balaban J connectivity index is 2.94. The van der Waals surface area contributed by atoms with Gasteiger partial charge in [-0.1, -0.05) is 31.0 Å². The van der Waals surface area contributed by atoms with Crippen molar-refractivity contribution >= 4 is 17.6 Å². The highest BCUT2D eigenvalue weighted by Gasteiger charge is 2.11. The van der Waals surface area contributed by atoms with Crippen LogP contribution in [-0.2, 0) is 11.2 Å². The molecule has 0 aliphatic carbocycles. The molecule has 0 N–H and O–H groups in total. The van der Waals surface area contributed by atoms with E-state index in [1.54, 1.807) is 13.0 Å². The highest BCUT2D eigenvalue weighted by Crippen LogP contribution is 2.19. The maximum atomic E-state index is 11.5. The SMILES string of the molecule is CCCc1ccc(Cl)c(C(=O)OCC)c1. The van der Waals surface area contributed by atoms with Crippen LogP contribution >= 0.6 is 11.6 Å². The summed E-state index contributed by atoms with van der Waals surface area (Å²) in [4.78, 5) is 11.5. The second-order valence-corrected chi connectivity index (χ2v) is 3.69. The van der Waals surface area contributed by atoms with E-state index >= 15 is 0 Å². The van der Waals surface area contributed by atoms with Crippen LogP contribution < -0.4 is 0 Å². The van der Waals surface area contributed by atoms with Gasteiger partial charge in [0.15, 0.2) is 0 Å². The van der Waals surface area contributed by atoms with Gasteiger partial charge in [0.2, 0.25) is 0 Å². The molecular weight excluding hydrogens is 212 g/mol. The molecule has 0 saturated heterocycles. The molecule has 0 aliphatic rings. The third kappa shape index (κ3) is 3.24. The molecule has 0 amide bonds. The predicted octanol–water partition coefficient (Wildman–Crippen LogP) is 3.47. The molecule has 0 atom stereocenters. The number of carbonyl (C=O) groups is 1. The Bertz CT molecular complexity index is 347. The molecule has 1 aromatic carbocycles. The summed E-state index contributed by atoms with van der Waals surface area (Å²) in [5.74, 6) is -0.347. The summed E-state index contributed by atoms with van der Waals surface area (Å²) in [6.07, 6.45) is 1.99. The van der Waals surface area contributed by atoms with Crippen LogP contribution in [-0.4, -0.2) is 12.6 Å². The molecule has 2 nitrogen and oxygen atoms in total. The summed E-state index contributed by atoms with van der Waals surface area (Å²) >= 11 is 5.93. The monoisotopic (exact) mass is 226 g/mol. The topological polar surface area (TPSA) is 26.3 Å². The zero-order chi connectivity index (χ0) is 11.3. The molecule has 0 radical (unpaired) electrons. The lowest BCUT2D eigenvalue weighted by Crippen LogP contribution is -2.06. The third-order valence-corrected chi connectivity index (χ3v) is 2.39. The van der Waals surface area contributed by atoms with Gasteiger partial charge in [-0.05, 0) is 31.0 Å². The molecule has 15 heavy (non-hydrogen) atoms. The Morgan fingerprint density at radius 3 is 2.73 bits per heavy atom. The fraction of sp³-hybridized carbons (Fsp3) is 0.417. The Labute approximate surface area is 95.2 Å². The van der Waals surface area contributed by atoms with Crippen LogP contribution in [0.1, 0.15) is 36.2 Å². The minimum atomic E-state index is -0.347. The summed E-state index contributed by atoms with van der Waals surface area (Å²) < 4.78 is 4.92. The van der Waals surface area contributed by atoms with Gasteiger partial charge in [0.05, 0.1) is 17.2 Å². The fourth-order valence-corrected chi connectivity index (χ4v) is 1.58. The van der Waals surface area contributed by atoms with E-state index in [2.05, 4.69) is 6.92 Å². The number of hydrogen-bond acceptors (Lipinski definition) is 2. The van der Waals surface area contributed by atoms with E-state index < -0.39 is 0 Å².